The van der Waals surface area contributed by atoms with E-state index in [2.05, 4.69) is 36.8 Å². The Morgan fingerprint density at radius 1 is 0.852 bits per heavy atom. The number of H-pyrrole nitrogens is 1. The molecule has 6 rings (SSSR count). The Morgan fingerprint density at radius 2 is 1.57 bits per heavy atom. The molecule has 1 unspecified atom stereocenters. The summed E-state index contributed by atoms with van der Waals surface area (Å²) >= 11 is 12.3. The fourth-order valence-electron chi connectivity index (χ4n) is 6.51. The van der Waals surface area contributed by atoms with Gasteiger partial charge in [-0.25, -0.2) is 0 Å². The van der Waals surface area contributed by atoms with Gasteiger partial charge in [0.25, 0.3) is 23.6 Å². The van der Waals surface area contributed by atoms with Gasteiger partial charge < -0.3 is 26.2 Å². The van der Waals surface area contributed by atoms with E-state index < -0.39 is 41.5 Å². The zero-order valence-corrected chi connectivity index (χ0v) is 30.1. The quantitative estimate of drug-likeness (QED) is 0.116. The first kappa shape index (κ1) is 37.9. The van der Waals surface area contributed by atoms with Crippen LogP contribution in [0.3, 0.4) is 0 Å². The van der Waals surface area contributed by atoms with Crippen LogP contribution in [-0.4, -0.2) is 106 Å². The van der Waals surface area contributed by atoms with E-state index in [-0.39, 0.29) is 94.7 Å². The molecular formula is C35H35Cl2N9O8. The van der Waals surface area contributed by atoms with Crippen molar-refractivity contribution in [2.45, 2.75) is 50.6 Å². The molecule has 2 saturated heterocycles. The SMILES string of the molecule is O=C(CCC(=O)N1CCC(NC(=O)c2[nH]ncc2NC(=O)c2c(Cl)cccc2Cl)CC1)NCCNc1cccc2c1C(=O)N(C1CCC(=O)NC1=O)C2=O. The summed E-state index contributed by atoms with van der Waals surface area (Å²) in [7, 11) is 0. The summed E-state index contributed by atoms with van der Waals surface area (Å²) in [6.07, 6.45) is 2.25. The topological polar surface area (TPSA) is 232 Å². The molecule has 282 valence electrons. The molecule has 8 amide bonds. The number of halogens is 2. The van der Waals surface area contributed by atoms with Crippen molar-refractivity contribution in [3.8, 4) is 0 Å². The Bertz CT molecular complexity index is 2030. The minimum absolute atomic E-state index is 0.0120. The van der Waals surface area contributed by atoms with E-state index in [0.29, 0.717) is 31.6 Å². The molecule has 6 N–H and O–H groups in total. The van der Waals surface area contributed by atoms with Crippen molar-refractivity contribution in [3.63, 3.8) is 0 Å². The highest BCUT2D eigenvalue weighted by Gasteiger charge is 2.45. The van der Waals surface area contributed by atoms with Crippen molar-refractivity contribution in [1.82, 2.24) is 35.9 Å². The lowest BCUT2D eigenvalue weighted by molar-refractivity contribution is -0.136. The van der Waals surface area contributed by atoms with E-state index in [4.69, 9.17) is 23.2 Å². The zero-order valence-electron chi connectivity index (χ0n) is 28.6. The maximum Gasteiger partial charge on any atom is 0.271 e. The highest BCUT2D eigenvalue weighted by molar-refractivity contribution is 6.40. The number of amides is 8. The van der Waals surface area contributed by atoms with E-state index in [1.165, 1.54) is 24.4 Å². The van der Waals surface area contributed by atoms with Crippen molar-refractivity contribution < 1.29 is 38.4 Å². The number of fused-ring (bicyclic) bond motifs is 1. The molecule has 2 aromatic carbocycles. The van der Waals surface area contributed by atoms with Gasteiger partial charge in [-0.2, -0.15) is 5.10 Å². The molecule has 1 aromatic heterocycles. The lowest BCUT2D eigenvalue weighted by atomic mass is 10.0. The van der Waals surface area contributed by atoms with Crippen LogP contribution < -0.4 is 26.6 Å². The zero-order chi connectivity index (χ0) is 38.5. The smallest absolute Gasteiger partial charge is 0.271 e. The number of carbonyl (C=O) groups excluding carboxylic acids is 8. The number of hydrogen-bond acceptors (Lipinski definition) is 10. The molecule has 0 saturated carbocycles. The third kappa shape index (κ3) is 8.21. The summed E-state index contributed by atoms with van der Waals surface area (Å²) in [4.78, 5) is 104. The standard InChI is InChI=1S/C35H35Cl2N9O8/c36-20-4-2-5-21(37)29(20)32(51)42-23-17-40-44-30(23)33(52)41-18-11-15-45(16-12-18)27(49)10-9-25(47)39-14-13-38-22-6-1-3-19-28(22)35(54)46(34(19)53)24-7-8-26(48)43-31(24)50/h1-6,17-18,24,38H,7-16H2,(H,39,47)(H,40,44)(H,41,52)(H,42,51)(H,43,48,50). The maximum absolute atomic E-state index is 13.2. The van der Waals surface area contributed by atoms with Crippen LogP contribution >= 0.6 is 23.2 Å². The van der Waals surface area contributed by atoms with Gasteiger partial charge in [0, 0.05) is 57.2 Å². The van der Waals surface area contributed by atoms with Crippen molar-refractivity contribution >= 4 is 81.8 Å². The third-order valence-electron chi connectivity index (χ3n) is 9.28. The number of anilines is 2. The van der Waals surface area contributed by atoms with E-state index in [9.17, 15) is 38.4 Å². The van der Waals surface area contributed by atoms with E-state index in [0.717, 1.165) is 4.90 Å². The van der Waals surface area contributed by atoms with Gasteiger partial charge in [-0.05, 0) is 43.5 Å². The van der Waals surface area contributed by atoms with Gasteiger partial charge in [-0.15, -0.1) is 0 Å². The molecule has 0 aliphatic carbocycles. The number of benzene rings is 2. The Morgan fingerprint density at radius 3 is 2.30 bits per heavy atom. The van der Waals surface area contributed by atoms with Gasteiger partial charge in [-0.1, -0.05) is 35.3 Å². The summed E-state index contributed by atoms with van der Waals surface area (Å²) in [6.45, 7) is 1.11. The number of likely N-dealkylation sites (tertiary alicyclic amines) is 1. The Balaban J connectivity index is 0.902. The molecule has 2 fully saturated rings. The van der Waals surface area contributed by atoms with Gasteiger partial charge >= 0.3 is 0 Å². The minimum atomic E-state index is -1.08. The molecule has 3 aliphatic rings. The number of nitrogens with zero attached hydrogens (tertiary/aromatic N) is 3. The maximum atomic E-state index is 13.2. The molecule has 4 heterocycles. The average Bonchev–Trinajstić information content (AvgIpc) is 3.71. The van der Waals surface area contributed by atoms with Crippen molar-refractivity contribution in [2.24, 2.45) is 0 Å². The number of hydrogen-bond donors (Lipinski definition) is 6. The van der Waals surface area contributed by atoms with Crippen LogP contribution in [0.5, 0.6) is 0 Å². The number of piperidine rings is 2. The van der Waals surface area contributed by atoms with Gasteiger partial charge in [0.1, 0.15) is 11.7 Å². The van der Waals surface area contributed by atoms with Crippen molar-refractivity contribution in [1.29, 1.82) is 0 Å². The predicted molar refractivity (Wildman–Crippen MR) is 194 cm³/mol. The molecule has 1 atom stereocenters. The minimum Gasteiger partial charge on any atom is -0.383 e. The van der Waals surface area contributed by atoms with E-state index >= 15 is 0 Å². The molecule has 3 aromatic rings. The number of aromatic amines is 1. The Hall–Kier alpha value is -5.81. The number of imide groups is 2. The first-order chi connectivity index (χ1) is 25.9. The first-order valence-corrected chi connectivity index (χ1v) is 17.9. The van der Waals surface area contributed by atoms with E-state index in [1.807, 2.05) is 0 Å². The molecule has 0 radical (unpaired) electrons. The van der Waals surface area contributed by atoms with Crippen LogP contribution in [-0.2, 0) is 19.2 Å². The summed E-state index contributed by atoms with van der Waals surface area (Å²) in [5.41, 5.74) is 0.856. The molecular weight excluding hydrogens is 745 g/mol. The van der Waals surface area contributed by atoms with Crippen LogP contribution in [0.1, 0.15) is 80.1 Å². The Kier molecular flexibility index (Phi) is 11.6. The van der Waals surface area contributed by atoms with Gasteiger partial charge in [0.2, 0.25) is 23.6 Å². The monoisotopic (exact) mass is 779 g/mol. The van der Waals surface area contributed by atoms with Crippen LogP contribution in [0.15, 0.2) is 42.6 Å². The second kappa shape index (κ2) is 16.5. The van der Waals surface area contributed by atoms with Gasteiger partial charge in [0.05, 0.1) is 38.6 Å². The number of aromatic nitrogens is 2. The van der Waals surface area contributed by atoms with Crippen LogP contribution in [0.25, 0.3) is 0 Å². The second-order valence-electron chi connectivity index (χ2n) is 12.8. The average molecular weight is 781 g/mol. The lowest BCUT2D eigenvalue weighted by Gasteiger charge is -2.32. The van der Waals surface area contributed by atoms with Gasteiger partial charge in [0.15, 0.2) is 0 Å². The normalized spacial score (nSPS) is 17.2. The summed E-state index contributed by atoms with van der Waals surface area (Å²) in [5.74, 6) is -4.06. The first-order valence-electron chi connectivity index (χ1n) is 17.2. The second-order valence-corrected chi connectivity index (χ2v) is 13.6. The largest absolute Gasteiger partial charge is 0.383 e. The van der Waals surface area contributed by atoms with Crippen LogP contribution in [0.2, 0.25) is 10.0 Å². The highest BCUT2D eigenvalue weighted by Crippen LogP contribution is 2.32. The summed E-state index contributed by atoms with van der Waals surface area (Å²) in [5, 5.41) is 20.2. The fourth-order valence-corrected chi connectivity index (χ4v) is 7.08. The van der Waals surface area contributed by atoms with E-state index in [1.54, 1.807) is 23.1 Å². The molecule has 0 bridgehead atoms. The van der Waals surface area contributed by atoms with Crippen LogP contribution in [0.4, 0.5) is 11.4 Å². The van der Waals surface area contributed by atoms with Crippen molar-refractivity contribution in [2.75, 3.05) is 36.8 Å². The summed E-state index contributed by atoms with van der Waals surface area (Å²) in [6, 6.07) is 8.02. The number of rotatable bonds is 12. The fraction of sp³-hybridized carbons (Fsp3) is 0.343. The number of carbonyl (C=O) groups is 8. The third-order valence-corrected chi connectivity index (χ3v) is 9.91. The molecule has 19 heteroatoms. The molecule has 54 heavy (non-hydrogen) atoms. The Labute approximate surface area is 317 Å². The van der Waals surface area contributed by atoms with Gasteiger partial charge in [-0.3, -0.25) is 53.7 Å². The molecule has 17 nitrogen and oxygen atoms in total. The lowest BCUT2D eigenvalue weighted by Crippen LogP contribution is -2.54. The number of nitrogens with one attached hydrogen (secondary N) is 6. The van der Waals surface area contributed by atoms with Crippen LogP contribution in [0, 0.1) is 0 Å². The predicted octanol–water partition coefficient (Wildman–Crippen LogP) is 2.10. The molecule has 0 spiro atoms. The van der Waals surface area contributed by atoms with Crippen molar-refractivity contribution in [3.05, 3.63) is 75.0 Å². The molecule has 3 aliphatic heterocycles. The summed E-state index contributed by atoms with van der Waals surface area (Å²) < 4.78 is 0. The highest BCUT2D eigenvalue weighted by atomic mass is 35.5.